The van der Waals surface area contributed by atoms with Crippen LogP contribution in [0.25, 0.3) is 11.1 Å². The monoisotopic (exact) mass is 597 g/mol. The molecule has 2 bridgehead atoms. The Hall–Kier alpha value is -4.33. The number of carbonyl (C=O) groups is 1. The molecule has 8 heteroatoms. The Labute approximate surface area is 257 Å². The molecule has 4 aromatic rings. The lowest BCUT2D eigenvalue weighted by atomic mass is 9.97. The van der Waals surface area contributed by atoms with Crippen LogP contribution in [0.15, 0.2) is 91.5 Å². The SMILES string of the molecule is C=C(O)[C@@H]1CCCCNC(=O)c2cncc(c2)COc2cc(OCc3cccc(-c4ccccc4)c3C)c(Cl)cc2CN1. The maximum atomic E-state index is 12.6. The van der Waals surface area contributed by atoms with Gasteiger partial charge >= 0.3 is 0 Å². The number of nitrogens with one attached hydrogen (secondary N) is 2. The van der Waals surface area contributed by atoms with Gasteiger partial charge in [-0.25, -0.2) is 0 Å². The van der Waals surface area contributed by atoms with E-state index in [1.807, 2.05) is 30.3 Å². The number of hydrogen-bond donors (Lipinski definition) is 3. The van der Waals surface area contributed by atoms with E-state index < -0.39 is 0 Å². The van der Waals surface area contributed by atoms with Crippen molar-refractivity contribution in [2.45, 2.75) is 52.0 Å². The quantitative estimate of drug-likeness (QED) is 0.209. The van der Waals surface area contributed by atoms with Gasteiger partial charge in [0.2, 0.25) is 0 Å². The lowest BCUT2D eigenvalue weighted by molar-refractivity contribution is 0.0952. The molecule has 0 unspecified atom stereocenters. The summed E-state index contributed by atoms with van der Waals surface area (Å²) in [6.45, 7) is 7.29. The van der Waals surface area contributed by atoms with Crippen LogP contribution >= 0.6 is 11.6 Å². The van der Waals surface area contributed by atoms with E-state index in [-0.39, 0.29) is 24.3 Å². The van der Waals surface area contributed by atoms with Crippen LogP contribution in [0.4, 0.5) is 0 Å². The number of benzene rings is 3. The highest BCUT2D eigenvalue weighted by atomic mass is 35.5. The second kappa shape index (κ2) is 14.2. The smallest absolute Gasteiger partial charge is 0.252 e. The predicted molar refractivity (Wildman–Crippen MR) is 170 cm³/mol. The van der Waals surface area contributed by atoms with Gasteiger partial charge < -0.3 is 25.2 Å². The minimum absolute atomic E-state index is 0.0628. The molecule has 1 atom stereocenters. The van der Waals surface area contributed by atoms with E-state index in [9.17, 15) is 9.90 Å². The Balaban J connectivity index is 1.41. The topological polar surface area (TPSA) is 92.7 Å². The van der Waals surface area contributed by atoms with Crippen molar-refractivity contribution in [3.05, 3.63) is 124 Å². The number of aliphatic hydroxyl groups excluding tert-OH is 1. The molecule has 1 aliphatic heterocycles. The minimum atomic E-state index is -0.317. The fraction of sp³-hybridized carbons (Fsp3) is 0.257. The summed E-state index contributed by atoms with van der Waals surface area (Å²) in [5.74, 6) is 0.949. The van der Waals surface area contributed by atoms with Crippen molar-refractivity contribution in [1.82, 2.24) is 15.6 Å². The molecule has 7 nitrogen and oxygen atoms in total. The van der Waals surface area contributed by atoms with Crippen LogP contribution in [-0.2, 0) is 19.8 Å². The number of aliphatic hydroxyl groups is 1. The largest absolute Gasteiger partial charge is 0.511 e. The number of hydrogen-bond acceptors (Lipinski definition) is 6. The summed E-state index contributed by atoms with van der Waals surface area (Å²) in [7, 11) is 0. The Morgan fingerprint density at radius 2 is 1.93 bits per heavy atom. The molecule has 3 N–H and O–H groups in total. The molecule has 0 radical (unpaired) electrons. The van der Waals surface area contributed by atoms with Crippen LogP contribution < -0.4 is 20.1 Å². The highest BCUT2D eigenvalue weighted by Gasteiger charge is 2.17. The van der Waals surface area contributed by atoms with E-state index >= 15 is 0 Å². The van der Waals surface area contributed by atoms with Crippen LogP contribution in [0, 0.1) is 6.92 Å². The molecule has 0 saturated carbocycles. The fourth-order valence-electron chi connectivity index (χ4n) is 5.13. The van der Waals surface area contributed by atoms with Crippen LogP contribution in [0.1, 0.15) is 51.9 Å². The summed E-state index contributed by atoms with van der Waals surface area (Å²) in [5.41, 5.74) is 6.54. The molecule has 5 rings (SSSR count). The number of amides is 1. The molecule has 3 aromatic carbocycles. The normalized spacial score (nSPS) is 16.0. The Bertz CT molecular complexity index is 1590. The van der Waals surface area contributed by atoms with Crippen molar-refractivity contribution in [1.29, 1.82) is 0 Å². The standard InChI is InChI=1S/C35H36ClN3O4/c1-23-27(11-8-12-30(23)26-9-4-3-5-10-26)22-43-34-17-33-28(16-31(34)36)20-39-32(24(2)40)13-6-7-14-38-35(41)29-15-25(21-42-33)18-37-19-29/h3-5,8-12,15-19,32,39-40H,2,6-7,13-14,20-22H2,1H3,(H,38,41)/t32-/m0/s1. The lowest BCUT2D eigenvalue weighted by Crippen LogP contribution is -2.31. The molecule has 0 fully saturated rings. The van der Waals surface area contributed by atoms with E-state index in [0.29, 0.717) is 48.2 Å². The van der Waals surface area contributed by atoms with Crippen molar-refractivity contribution in [2.24, 2.45) is 0 Å². The number of nitrogens with zero attached hydrogens (tertiary/aromatic N) is 1. The third-order valence-electron chi connectivity index (χ3n) is 7.63. The summed E-state index contributed by atoms with van der Waals surface area (Å²) >= 11 is 6.75. The second-order valence-corrected chi connectivity index (χ2v) is 11.1. The van der Waals surface area contributed by atoms with Crippen molar-refractivity contribution in [2.75, 3.05) is 6.54 Å². The highest BCUT2D eigenvalue weighted by molar-refractivity contribution is 6.32. The highest BCUT2D eigenvalue weighted by Crippen LogP contribution is 2.35. The number of fused-ring (bicyclic) bond motifs is 3. The van der Waals surface area contributed by atoms with Crippen LogP contribution in [0.3, 0.4) is 0 Å². The predicted octanol–water partition coefficient (Wildman–Crippen LogP) is 7.31. The van der Waals surface area contributed by atoms with Gasteiger partial charge in [0.25, 0.3) is 5.91 Å². The van der Waals surface area contributed by atoms with Crippen molar-refractivity contribution >= 4 is 17.5 Å². The number of halogens is 1. The number of carbonyl (C=O) groups excluding carboxylic acids is 1. The maximum absolute atomic E-state index is 12.6. The van der Waals surface area contributed by atoms with E-state index in [1.165, 1.54) is 0 Å². The molecule has 0 spiro atoms. The first kappa shape index (κ1) is 30.1. The first-order valence-corrected chi connectivity index (χ1v) is 14.8. The molecule has 0 aliphatic carbocycles. The molecule has 1 aromatic heterocycles. The molecular weight excluding hydrogens is 562 g/mol. The molecule has 43 heavy (non-hydrogen) atoms. The van der Waals surface area contributed by atoms with Crippen molar-refractivity contribution in [3.63, 3.8) is 0 Å². The van der Waals surface area contributed by atoms with Gasteiger partial charge in [0.1, 0.15) is 30.5 Å². The Morgan fingerprint density at radius 1 is 1.09 bits per heavy atom. The van der Waals surface area contributed by atoms with Crippen LogP contribution in [0.5, 0.6) is 11.5 Å². The Kier molecular flexibility index (Phi) is 9.97. The molecule has 1 amide bonds. The zero-order chi connectivity index (χ0) is 30.2. The fourth-order valence-corrected chi connectivity index (χ4v) is 5.37. The third-order valence-corrected chi connectivity index (χ3v) is 7.92. The number of aromatic nitrogens is 1. The van der Waals surface area contributed by atoms with Crippen LogP contribution in [0.2, 0.25) is 5.02 Å². The summed E-state index contributed by atoms with van der Waals surface area (Å²) in [6, 6.07) is 21.6. The van der Waals surface area contributed by atoms with E-state index in [4.69, 9.17) is 21.1 Å². The zero-order valence-corrected chi connectivity index (χ0v) is 25.0. The summed E-state index contributed by atoms with van der Waals surface area (Å²) in [4.78, 5) is 16.9. The van der Waals surface area contributed by atoms with Gasteiger partial charge in [-0.15, -0.1) is 0 Å². The molecule has 2 heterocycles. The maximum Gasteiger partial charge on any atom is 0.252 e. The van der Waals surface area contributed by atoms with Gasteiger partial charge in [-0.2, -0.15) is 0 Å². The molecular formula is C35H36ClN3O4. The summed E-state index contributed by atoms with van der Waals surface area (Å²) in [5, 5.41) is 17.0. The second-order valence-electron chi connectivity index (χ2n) is 10.7. The van der Waals surface area contributed by atoms with Gasteiger partial charge in [-0.3, -0.25) is 9.78 Å². The zero-order valence-electron chi connectivity index (χ0n) is 24.2. The van der Waals surface area contributed by atoms with Gasteiger partial charge in [-0.1, -0.05) is 66.7 Å². The number of pyridine rings is 1. The van der Waals surface area contributed by atoms with Gasteiger partial charge in [-0.05, 0) is 60.6 Å². The van der Waals surface area contributed by atoms with E-state index in [2.05, 4.69) is 53.4 Å². The number of ether oxygens (including phenoxy) is 2. The van der Waals surface area contributed by atoms with Crippen LogP contribution in [-0.4, -0.2) is 28.6 Å². The molecule has 0 saturated heterocycles. The Morgan fingerprint density at radius 3 is 2.74 bits per heavy atom. The van der Waals surface area contributed by atoms with Crippen molar-refractivity contribution in [3.8, 4) is 22.6 Å². The molecule has 222 valence electrons. The summed E-state index contributed by atoms with van der Waals surface area (Å²) in [6.07, 6.45) is 5.45. The van der Waals surface area contributed by atoms with Gasteiger partial charge in [0, 0.05) is 42.7 Å². The van der Waals surface area contributed by atoms with Crippen molar-refractivity contribution < 1.29 is 19.4 Å². The minimum Gasteiger partial charge on any atom is -0.511 e. The average molecular weight is 598 g/mol. The van der Waals surface area contributed by atoms with E-state index in [1.54, 1.807) is 24.5 Å². The first-order chi connectivity index (χ1) is 20.9. The first-order valence-electron chi connectivity index (χ1n) is 14.4. The average Bonchev–Trinajstić information content (AvgIpc) is 3.01. The third kappa shape index (κ3) is 7.74. The lowest BCUT2D eigenvalue weighted by Gasteiger charge is -2.21. The van der Waals surface area contributed by atoms with E-state index in [0.717, 1.165) is 46.2 Å². The van der Waals surface area contributed by atoms with Gasteiger partial charge in [0.05, 0.1) is 16.6 Å². The van der Waals surface area contributed by atoms with Gasteiger partial charge in [0.15, 0.2) is 0 Å². The summed E-state index contributed by atoms with van der Waals surface area (Å²) < 4.78 is 12.5. The number of rotatable bonds is 5. The molecule has 1 aliphatic rings.